The normalized spacial score (nSPS) is 13.1. The molecule has 0 heterocycles. The second-order valence-electron chi connectivity index (χ2n) is 2.92. The topological polar surface area (TPSA) is 50.7 Å². The van der Waals surface area contributed by atoms with Crippen molar-refractivity contribution in [3.8, 4) is 0 Å². The van der Waals surface area contributed by atoms with Gasteiger partial charge in [-0.3, -0.25) is 0 Å². The molecule has 86 valence electrons. The van der Waals surface area contributed by atoms with E-state index in [4.69, 9.17) is 9.47 Å². The number of methoxy groups -OCH3 is 1. The van der Waals surface area contributed by atoms with Gasteiger partial charge in [0.25, 0.3) is 0 Å². The zero-order valence-electron chi connectivity index (χ0n) is 8.99. The van der Waals surface area contributed by atoms with E-state index in [1.54, 1.807) is 18.9 Å². The van der Waals surface area contributed by atoms with Crippen LogP contribution >= 0.6 is 11.8 Å². The summed E-state index contributed by atoms with van der Waals surface area (Å²) in [5, 5.41) is 12.6. The first-order valence-electron chi connectivity index (χ1n) is 4.75. The van der Waals surface area contributed by atoms with Gasteiger partial charge in [-0.15, -0.1) is 0 Å². The van der Waals surface area contributed by atoms with E-state index in [-0.39, 0.29) is 0 Å². The summed E-state index contributed by atoms with van der Waals surface area (Å²) in [6.07, 6.45) is 1.64. The van der Waals surface area contributed by atoms with Gasteiger partial charge in [-0.25, -0.2) is 0 Å². The van der Waals surface area contributed by atoms with E-state index in [1.165, 1.54) is 0 Å². The molecule has 1 atom stereocenters. The number of hydrogen-bond acceptors (Lipinski definition) is 5. The monoisotopic (exact) mass is 223 g/mol. The Morgan fingerprint density at radius 1 is 1.43 bits per heavy atom. The fraction of sp³-hybridized carbons (Fsp3) is 1.00. The van der Waals surface area contributed by atoms with Crippen molar-refractivity contribution < 1.29 is 14.6 Å². The molecule has 0 saturated heterocycles. The molecule has 0 aliphatic heterocycles. The molecule has 0 bridgehead atoms. The molecule has 0 aliphatic carbocycles. The summed E-state index contributed by atoms with van der Waals surface area (Å²) < 4.78 is 9.98. The number of nitrogens with one attached hydrogen (secondary N) is 1. The van der Waals surface area contributed by atoms with Crippen LogP contribution in [0.3, 0.4) is 0 Å². The minimum atomic E-state index is -0.422. The van der Waals surface area contributed by atoms with Gasteiger partial charge in [0.15, 0.2) is 0 Å². The number of aliphatic hydroxyl groups is 1. The highest BCUT2D eigenvalue weighted by Crippen LogP contribution is 1.88. The molecule has 2 N–H and O–H groups in total. The number of hydrogen-bond donors (Lipinski definition) is 2. The number of aliphatic hydroxyl groups excluding tert-OH is 1. The molecule has 0 aromatic heterocycles. The average Bonchev–Trinajstić information content (AvgIpc) is 2.19. The Bertz CT molecular complexity index is 104. The van der Waals surface area contributed by atoms with E-state index in [9.17, 15) is 5.11 Å². The van der Waals surface area contributed by atoms with Crippen molar-refractivity contribution in [2.24, 2.45) is 0 Å². The van der Waals surface area contributed by atoms with Gasteiger partial charge in [-0.2, -0.15) is 11.8 Å². The lowest BCUT2D eigenvalue weighted by atomic mass is 10.4. The molecule has 0 aromatic carbocycles. The van der Waals surface area contributed by atoms with Crippen LogP contribution in [0.5, 0.6) is 0 Å². The summed E-state index contributed by atoms with van der Waals surface area (Å²) in [6.45, 7) is 3.00. The predicted octanol–water partition coefficient (Wildman–Crippen LogP) is -0.0371. The van der Waals surface area contributed by atoms with Crippen LogP contribution in [-0.2, 0) is 9.47 Å². The van der Waals surface area contributed by atoms with Gasteiger partial charge in [0.05, 0.1) is 25.9 Å². The smallest absolute Gasteiger partial charge is 0.0897 e. The second-order valence-corrected chi connectivity index (χ2v) is 3.90. The van der Waals surface area contributed by atoms with Crippen LogP contribution in [0.4, 0.5) is 0 Å². The zero-order valence-corrected chi connectivity index (χ0v) is 9.81. The predicted molar refractivity (Wildman–Crippen MR) is 60.0 cm³/mol. The van der Waals surface area contributed by atoms with E-state index in [0.717, 1.165) is 12.3 Å². The van der Waals surface area contributed by atoms with Crippen molar-refractivity contribution in [2.45, 2.75) is 6.10 Å². The van der Waals surface area contributed by atoms with Crippen molar-refractivity contribution in [3.63, 3.8) is 0 Å². The molecular weight excluding hydrogens is 202 g/mol. The fourth-order valence-electron chi connectivity index (χ4n) is 0.863. The van der Waals surface area contributed by atoms with Crippen molar-refractivity contribution >= 4 is 11.8 Å². The zero-order chi connectivity index (χ0) is 10.6. The molecule has 0 radical (unpaired) electrons. The fourth-order valence-corrected chi connectivity index (χ4v) is 1.21. The highest BCUT2D eigenvalue weighted by Gasteiger charge is 2.02. The maximum absolute atomic E-state index is 9.41. The molecule has 0 fully saturated rings. The first kappa shape index (κ1) is 14.2. The Morgan fingerprint density at radius 3 is 2.86 bits per heavy atom. The van der Waals surface area contributed by atoms with Crippen LogP contribution in [-0.4, -0.2) is 63.2 Å². The summed E-state index contributed by atoms with van der Waals surface area (Å²) in [7, 11) is 1.63. The lowest BCUT2D eigenvalue weighted by molar-refractivity contribution is 0.0140. The Morgan fingerprint density at radius 2 is 2.21 bits per heavy atom. The highest BCUT2D eigenvalue weighted by molar-refractivity contribution is 7.98. The number of rotatable bonds is 10. The molecule has 1 unspecified atom stereocenters. The van der Waals surface area contributed by atoms with Crippen LogP contribution < -0.4 is 5.32 Å². The Hall–Kier alpha value is 0.190. The van der Waals surface area contributed by atoms with Crippen molar-refractivity contribution in [1.29, 1.82) is 0 Å². The van der Waals surface area contributed by atoms with E-state index in [1.807, 2.05) is 0 Å². The molecule has 14 heavy (non-hydrogen) atoms. The van der Waals surface area contributed by atoms with Crippen LogP contribution in [0.15, 0.2) is 0 Å². The molecule has 0 aromatic rings. The number of ether oxygens (including phenoxy) is 2. The Labute approximate surface area is 90.4 Å². The lowest BCUT2D eigenvalue weighted by Crippen LogP contribution is -2.32. The van der Waals surface area contributed by atoms with Gasteiger partial charge in [0, 0.05) is 26.0 Å². The van der Waals surface area contributed by atoms with Crippen LogP contribution in [0.1, 0.15) is 0 Å². The van der Waals surface area contributed by atoms with Gasteiger partial charge in [-0.05, 0) is 6.26 Å². The van der Waals surface area contributed by atoms with Gasteiger partial charge in [0.1, 0.15) is 0 Å². The highest BCUT2D eigenvalue weighted by atomic mass is 32.2. The maximum Gasteiger partial charge on any atom is 0.0897 e. The third kappa shape index (κ3) is 10.3. The second kappa shape index (κ2) is 11.3. The summed E-state index contributed by atoms with van der Waals surface area (Å²) in [5.74, 6) is 1.07. The molecule has 5 heteroatoms. The van der Waals surface area contributed by atoms with E-state index in [2.05, 4.69) is 11.6 Å². The number of thioether (sulfide) groups is 1. The van der Waals surface area contributed by atoms with Crippen LogP contribution in [0.25, 0.3) is 0 Å². The van der Waals surface area contributed by atoms with E-state index < -0.39 is 6.10 Å². The van der Waals surface area contributed by atoms with Gasteiger partial charge in [-0.1, -0.05) is 0 Å². The first-order valence-corrected chi connectivity index (χ1v) is 6.15. The van der Waals surface area contributed by atoms with Crippen LogP contribution in [0, 0.1) is 0 Å². The SMILES string of the molecule is COCCOCC(O)CNCCSC. The molecule has 0 saturated carbocycles. The van der Waals surface area contributed by atoms with E-state index in [0.29, 0.717) is 26.4 Å². The minimum Gasteiger partial charge on any atom is -0.389 e. The van der Waals surface area contributed by atoms with E-state index >= 15 is 0 Å². The molecular formula is C9H21NO3S. The third-order valence-corrected chi connectivity index (χ3v) is 2.22. The van der Waals surface area contributed by atoms with Gasteiger partial charge >= 0.3 is 0 Å². The summed E-state index contributed by atoms with van der Waals surface area (Å²) in [5.41, 5.74) is 0. The van der Waals surface area contributed by atoms with Gasteiger partial charge < -0.3 is 19.9 Å². The maximum atomic E-state index is 9.41. The summed E-state index contributed by atoms with van der Waals surface area (Å²) in [4.78, 5) is 0. The van der Waals surface area contributed by atoms with Gasteiger partial charge in [0.2, 0.25) is 0 Å². The molecule has 0 spiro atoms. The Balaban J connectivity index is 3.07. The van der Waals surface area contributed by atoms with Crippen LogP contribution in [0.2, 0.25) is 0 Å². The summed E-state index contributed by atoms with van der Waals surface area (Å²) in [6, 6.07) is 0. The summed E-state index contributed by atoms with van der Waals surface area (Å²) >= 11 is 1.79. The van der Waals surface area contributed by atoms with Crippen molar-refractivity contribution in [2.75, 3.05) is 52.0 Å². The third-order valence-electron chi connectivity index (χ3n) is 1.60. The molecule has 0 aliphatic rings. The molecule has 4 nitrogen and oxygen atoms in total. The standard InChI is InChI=1S/C9H21NO3S/c1-12-4-5-13-8-9(11)7-10-3-6-14-2/h9-11H,3-8H2,1-2H3. The van der Waals surface area contributed by atoms with Crippen molar-refractivity contribution in [1.82, 2.24) is 5.32 Å². The quantitative estimate of drug-likeness (QED) is 0.509. The largest absolute Gasteiger partial charge is 0.389 e. The molecule has 0 amide bonds. The minimum absolute atomic E-state index is 0.371. The average molecular weight is 223 g/mol. The van der Waals surface area contributed by atoms with Crippen molar-refractivity contribution in [3.05, 3.63) is 0 Å². The first-order chi connectivity index (χ1) is 6.81. The molecule has 0 rings (SSSR count). The lowest BCUT2D eigenvalue weighted by Gasteiger charge is -2.11. The Kier molecular flexibility index (Phi) is 11.4.